The Hall–Kier alpha value is -3.13. The van der Waals surface area contributed by atoms with Crippen LogP contribution in [0.5, 0.6) is 28.7 Å². The smallest absolute Gasteiger partial charge is 0.254 e. The zero-order valence-electron chi connectivity index (χ0n) is 20.7. The van der Waals surface area contributed by atoms with E-state index in [-0.39, 0.29) is 11.3 Å². The zero-order valence-corrected chi connectivity index (χ0v) is 20.7. The van der Waals surface area contributed by atoms with Crippen LogP contribution < -0.4 is 23.7 Å². The second kappa shape index (κ2) is 10.0. The van der Waals surface area contributed by atoms with Crippen molar-refractivity contribution < 1.29 is 28.5 Å². The summed E-state index contributed by atoms with van der Waals surface area (Å²) >= 11 is 0. The van der Waals surface area contributed by atoms with Crippen LogP contribution in [0.3, 0.4) is 0 Å². The number of hydrogen-bond acceptors (Lipinski definition) is 7. The van der Waals surface area contributed by atoms with Gasteiger partial charge in [0.15, 0.2) is 23.0 Å². The Balaban J connectivity index is 1.42. The van der Waals surface area contributed by atoms with E-state index in [0.717, 1.165) is 51.1 Å². The molecular formula is C26H34N2O6. The molecule has 8 nitrogen and oxygen atoms in total. The molecule has 0 bridgehead atoms. The second-order valence-corrected chi connectivity index (χ2v) is 9.04. The lowest BCUT2D eigenvalue weighted by molar-refractivity contribution is 0.0772. The van der Waals surface area contributed by atoms with E-state index in [1.54, 1.807) is 53.7 Å². The number of amides is 1. The molecule has 8 heteroatoms. The van der Waals surface area contributed by atoms with Crippen molar-refractivity contribution in [2.24, 2.45) is 5.41 Å². The molecule has 0 saturated carbocycles. The highest BCUT2D eigenvalue weighted by Crippen LogP contribution is 2.42. The van der Waals surface area contributed by atoms with Gasteiger partial charge in [0.1, 0.15) is 0 Å². The summed E-state index contributed by atoms with van der Waals surface area (Å²) in [6, 6.07) is 9.37. The molecule has 0 radical (unpaired) electrons. The van der Waals surface area contributed by atoms with E-state index in [1.807, 2.05) is 17.0 Å². The van der Waals surface area contributed by atoms with Crippen LogP contribution in [0, 0.1) is 5.41 Å². The third-order valence-electron chi connectivity index (χ3n) is 7.00. The fourth-order valence-corrected chi connectivity index (χ4v) is 5.24. The summed E-state index contributed by atoms with van der Waals surface area (Å²) in [4.78, 5) is 17.6. The van der Waals surface area contributed by atoms with Gasteiger partial charge in [-0.3, -0.25) is 9.69 Å². The number of rotatable bonds is 8. The second-order valence-electron chi connectivity index (χ2n) is 9.04. The number of likely N-dealkylation sites (tertiary alicyclic amines) is 2. The maximum Gasteiger partial charge on any atom is 0.254 e. The van der Waals surface area contributed by atoms with Crippen LogP contribution in [-0.2, 0) is 6.54 Å². The predicted molar refractivity (Wildman–Crippen MR) is 128 cm³/mol. The minimum absolute atomic E-state index is 0.0425. The van der Waals surface area contributed by atoms with E-state index < -0.39 is 0 Å². The Bertz CT molecular complexity index is 1020. The van der Waals surface area contributed by atoms with Gasteiger partial charge in [0.2, 0.25) is 5.75 Å². The fourth-order valence-electron chi connectivity index (χ4n) is 5.24. The summed E-state index contributed by atoms with van der Waals surface area (Å²) in [7, 11) is 8.05. The van der Waals surface area contributed by atoms with Gasteiger partial charge in [-0.05, 0) is 55.3 Å². The van der Waals surface area contributed by atoms with Crippen LogP contribution in [-0.4, -0.2) is 77.4 Å². The third-order valence-corrected chi connectivity index (χ3v) is 7.00. The maximum absolute atomic E-state index is 13.2. The molecule has 1 amide bonds. The lowest BCUT2D eigenvalue weighted by Gasteiger charge is -2.25. The van der Waals surface area contributed by atoms with Crippen molar-refractivity contribution in [3.63, 3.8) is 0 Å². The first-order valence-corrected chi connectivity index (χ1v) is 11.5. The Labute approximate surface area is 201 Å². The minimum Gasteiger partial charge on any atom is -0.493 e. The van der Waals surface area contributed by atoms with Gasteiger partial charge >= 0.3 is 0 Å². The van der Waals surface area contributed by atoms with E-state index >= 15 is 0 Å². The topological polar surface area (TPSA) is 69.7 Å². The minimum atomic E-state index is 0.0425. The van der Waals surface area contributed by atoms with Crippen molar-refractivity contribution in [2.75, 3.05) is 61.7 Å². The van der Waals surface area contributed by atoms with Crippen LogP contribution in [0.2, 0.25) is 0 Å². The van der Waals surface area contributed by atoms with Gasteiger partial charge < -0.3 is 28.6 Å². The van der Waals surface area contributed by atoms with Gasteiger partial charge in [0.25, 0.3) is 5.91 Å². The van der Waals surface area contributed by atoms with Gasteiger partial charge in [-0.2, -0.15) is 0 Å². The summed E-state index contributed by atoms with van der Waals surface area (Å²) in [5, 5.41) is 0. The van der Waals surface area contributed by atoms with E-state index in [2.05, 4.69) is 4.90 Å². The predicted octanol–water partition coefficient (Wildman–Crippen LogP) is 3.47. The average molecular weight is 471 g/mol. The number of carbonyl (C=O) groups is 1. The van der Waals surface area contributed by atoms with Crippen LogP contribution in [0.4, 0.5) is 0 Å². The lowest BCUT2D eigenvalue weighted by Crippen LogP contribution is -2.34. The molecule has 4 rings (SSSR count). The van der Waals surface area contributed by atoms with Gasteiger partial charge in [-0.25, -0.2) is 0 Å². The van der Waals surface area contributed by atoms with E-state index in [0.29, 0.717) is 34.3 Å². The van der Waals surface area contributed by atoms with Gasteiger partial charge in [-0.15, -0.1) is 0 Å². The number of hydrogen-bond donors (Lipinski definition) is 0. The number of methoxy groups -OCH3 is 5. The zero-order chi connectivity index (χ0) is 24.3. The SMILES string of the molecule is COc1ccc(C(=O)N2CCC3(CCN(Cc4cc(OC)c(OC)c(OC)c4)C3)C2)cc1OC. The fraction of sp³-hybridized carbons (Fsp3) is 0.500. The van der Waals surface area contributed by atoms with Gasteiger partial charge in [0.05, 0.1) is 35.5 Å². The first-order valence-electron chi connectivity index (χ1n) is 11.5. The van der Waals surface area contributed by atoms with Gasteiger partial charge in [-0.1, -0.05) is 0 Å². The molecule has 34 heavy (non-hydrogen) atoms. The Morgan fingerprint density at radius 1 is 0.794 bits per heavy atom. The highest BCUT2D eigenvalue weighted by Gasteiger charge is 2.44. The molecule has 2 fully saturated rings. The highest BCUT2D eigenvalue weighted by molar-refractivity contribution is 5.95. The Kier molecular flexibility index (Phi) is 7.07. The van der Waals surface area contributed by atoms with Crippen molar-refractivity contribution in [1.82, 2.24) is 9.80 Å². The summed E-state index contributed by atoms with van der Waals surface area (Å²) in [5.41, 5.74) is 1.87. The number of nitrogens with zero attached hydrogens (tertiary/aromatic N) is 2. The highest BCUT2D eigenvalue weighted by atomic mass is 16.5. The summed E-state index contributed by atoms with van der Waals surface area (Å²) in [6.07, 6.45) is 2.09. The molecule has 2 aliphatic heterocycles. The average Bonchev–Trinajstić information content (AvgIpc) is 3.48. The first kappa shape index (κ1) is 24.0. The van der Waals surface area contributed by atoms with Crippen molar-refractivity contribution in [3.05, 3.63) is 41.5 Å². The monoisotopic (exact) mass is 470 g/mol. The molecule has 1 atom stereocenters. The summed E-state index contributed by atoms with van der Waals surface area (Å²) < 4.78 is 27.1. The molecule has 2 aromatic rings. The molecule has 0 aromatic heterocycles. The standard InChI is InChI=1S/C26H34N2O6/c1-30-20-7-6-19(14-21(20)31-2)25(29)28-11-9-26(17-28)8-10-27(16-26)15-18-12-22(32-3)24(34-5)23(13-18)33-4/h6-7,12-14H,8-11,15-17H2,1-5H3. The van der Waals surface area contributed by atoms with Crippen molar-refractivity contribution in [2.45, 2.75) is 19.4 Å². The van der Waals surface area contributed by atoms with Crippen LogP contribution >= 0.6 is 0 Å². The first-order chi connectivity index (χ1) is 16.5. The molecule has 1 unspecified atom stereocenters. The van der Waals surface area contributed by atoms with Gasteiger partial charge in [0, 0.05) is 37.2 Å². The van der Waals surface area contributed by atoms with Crippen LogP contribution in [0.1, 0.15) is 28.8 Å². The molecular weight excluding hydrogens is 436 g/mol. The number of benzene rings is 2. The van der Waals surface area contributed by atoms with E-state index in [9.17, 15) is 4.79 Å². The summed E-state index contributed by atoms with van der Waals surface area (Å²) in [5.74, 6) is 3.17. The molecule has 2 aromatic carbocycles. The largest absolute Gasteiger partial charge is 0.493 e. The van der Waals surface area contributed by atoms with Crippen molar-refractivity contribution in [1.29, 1.82) is 0 Å². The molecule has 1 spiro atoms. The third kappa shape index (κ3) is 4.59. The molecule has 2 heterocycles. The summed E-state index contributed by atoms with van der Waals surface area (Å²) in [6.45, 7) is 4.29. The quantitative estimate of drug-likeness (QED) is 0.585. The normalized spacial score (nSPS) is 20.0. The van der Waals surface area contributed by atoms with Crippen LogP contribution in [0.25, 0.3) is 0 Å². The molecule has 0 N–H and O–H groups in total. The number of carbonyl (C=O) groups excluding carboxylic acids is 1. The molecule has 0 aliphatic carbocycles. The van der Waals surface area contributed by atoms with Crippen molar-refractivity contribution in [3.8, 4) is 28.7 Å². The molecule has 2 aliphatic rings. The number of ether oxygens (including phenoxy) is 5. The van der Waals surface area contributed by atoms with Crippen LogP contribution in [0.15, 0.2) is 30.3 Å². The van der Waals surface area contributed by atoms with E-state index in [1.165, 1.54) is 0 Å². The Morgan fingerprint density at radius 2 is 1.44 bits per heavy atom. The molecule has 184 valence electrons. The van der Waals surface area contributed by atoms with E-state index in [4.69, 9.17) is 23.7 Å². The lowest BCUT2D eigenvalue weighted by atomic mass is 9.86. The Morgan fingerprint density at radius 3 is 2.06 bits per heavy atom. The maximum atomic E-state index is 13.2. The van der Waals surface area contributed by atoms with Crippen molar-refractivity contribution >= 4 is 5.91 Å². The molecule has 2 saturated heterocycles.